The van der Waals surface area contributed by atoms with E-state index in [9.17, 15) is 10.2 Å². The van der Waals surface area contributed by atoms with E-state index in [4.69, 9.17) is 11.6 Å². The van der Waals surface area contributed by atoms with Gasteiger partial charge in [0, 0.05) is 10.4 Å². The molecule has 1 aliphatic heterocycles. The normalized spacial score (nSPS) is 21.1. The zero-order valence-electron chi connectivity index (χ0n) is 9.69. The summed E-state index contributed by atoms with van der Waals surface area (Å²) in [5.74, 6) is 0. The molecular formula is C13H18ClNO2. The van der Waals surface area contributed by atoms with E-state index in [0.29, 0.717) is 5.02 Å². The third-order valence-electron chi connectivity index (χ3n) is 3.73. The predicted molar refractivity (Wildman–Crippen MR) is 68.3 cm³/mol. The van der Waals surface area contributed by atoms with Crippen LogP contribution in [0, 0.1) is 0 Å². The molecule has 1 unspecified atom stereocenters. The van der Waals surface area contributed by atoms with Gasteiger partial charge < -0.3 is 15.5 Å². The molecule has 1 heterocycles. The monoisotopic (exact) mass is 255 g/mol. The first-order chi connectivity index (χ1) is 8.19. The molecule has 17 heavy (non-hydrogen) atoms. The van der Waals surface area contributed by atoms with Crippen molar-refractivity contribution in [1.29, 1.82) is 0 Å². The van der Waals surface area contributed by atoms with E-state index in [-0.39, 0.29) is 12.0 Å². The number of hydrogen-bond acceptors (Lipinski definition) is 3. The van der Waals surface area contributed by atoms with E-state index in [0.717, 1.165) is 31.5 Å². The van der Waals surface area contributed by atoms with E-state index in [1.807, 2.05) is 24.3 Å². The van der Waals surface area contributed by atoms with Crippen molar-refractivity contribution in [2.75, 3.05) is 19.7 Å². The number of hydrogen-bond donors (Lipinski definition) is 3. The molecule has 0 spiro atoms. The van der Waals surface area contributed by atoms with Crippen LogP contribution in [0.2, 0.25) is 5.02 Å². The van der Waals surface area contributed by atoms with Crippen LogP contribution in [-0.4, -0.2) is 36.0 Å². The van der Waals surface area contributed by atoms with Gasteiger partial charge in [0.15, 0.2) is 0 Å². The molecule has 1 aromatic rings. The number of nitrogens with one attached hydrogen (secondary N) is 1. The molecule has 0 bridgehead atoms. The summed E-state index contributed by atoms with van der Waals surface area (Å²) in [6.07, 6.45) is 0.943. The minimum Gasteiger partial charge on any atom is -0.394 e. The van der Waals surface area contributed by atoms with Gasteiger partial charge in [-0.3, -0.25) is 0 Å². The summed E-state index contributed by atoms with van der Waals surface area (Å²) in [6.45, 7) is 1.52. The molecule has 2 rings (SSSR count). The first kappa shape index (κ1) is 12.8. The highest BCUT2D eigenvalue weighted by molar-refractivity contribution is 6.30. The van der Waals surface area contributed by atoms with Gasteiger partial charge in [-0.15, -0.1) is 0 Å². The molecule has 94 valence electrons. The molecule has 1 saturated heterocycles. The van der Waals surface area contributed by atoms with E-state index in [1.54, 1.807) is 0 Å². The fourth-order valence-electron chi connectivity index (χ4n) is 2.64. The second kappa shape index (κ2) is 5.36. The summed E-state index contributed by atoms with van der Waals surface area (Å²) < 4.78 is 0. The van der Waals surface area contributed by atoms with Crippen molar-refractivity contribution >= 4 is 11.6 Å². The summed E-state index contributed by atoms with van der Waals surface area (Å²) in [5, 5.41) is 23.4. The lowest BCUT2D eigenvalue weighted by molar-refractivity contribution is 0.0121. The summed E-state index contributed by atoms with van der Waals surface area (Å²) in [5.41, 5.74) is 0.717. The summed E-state index contributed by atoms with van der Waals surface area (Å²) in [6, 6.07) is 7.58. The molecule has 0 aliphatic carbocycles. The molecule has 0 saturated carbocycles. The van der Waals surface area contributed by atoms with Gasteiger partial charge in [0.2, 0.25) is 0 Å². The second-order valence-corrected chi connectivity index (χ2v) is 5.05. The van der Waals surface area contributed by atoms with Crippen LogP contribution < -0.4 is 5.32 Å². The molecule has 3 N–H and O–H groups in total. The fraction of sp³-hybridized carbons (Fsp3) is 0.538. The minimum absolute atomic E-state index is 0.206. The molecule has 0 aromatic heterocycles. The SMILES string of the molecule is OCC(O)C1(c2ccc(Cl)cc2)CCNCC1. The highest BCUT2D eigenvalue weighted by Crippen LogP contribution is 2.37. The summed E-state index contributed by atoms with van der Waals surface area (Å²) in [7, 11) is 0. The second-order valence-electron chi connectivity index (χ2n) is 4.61. The van der Waals surface area contributed by atoms with Crippen molar-refractivity contribution in [3.8, 4) is 0 Å². The molecule has 0 radical (unpaired) electrons. The predicted octanol–water partition coefficient (Wildman–Crippen LogP) is 1.31. The first-order valence-electron chi connectivity index (χ1n) is 5.95. The highest BCUT2D eigenvalue weighted by Gasteiger charge is 2.40. The number of piperidine rings is 1. The molecular weight excluding hydrogens is 238 g/mol. The quantitative estimate of drug-likeness (QED) is 0.764. The van der Waals surface area contributed by atoms with Crippen molar-refractivity contribution in [2.24, 2.45) is 0 Å². The van der Waals surface area contributed by atoms with Gasteiger partial charge in [-0.1, -0.05) is 23.7 Å². The fourth-order valence-corrected chi connectivity index (χ4v) is 2.77. The minimum atomic E-state index is -0.717. The largest absolute Gasteiger partial charge is 0.394 e. The van der Waals surface area contributed by atoms with Crippen LogP contribution in [0.1, 0.15) is 18.4 Å². The van der Waals surface area contributed by atoms with Crippen molar-refractivity contribution in [1.82, 2.24) is 5.32 Å². The van der Waals surface area contributed by atoms with Crippen molar-refractivity contribution in [3.63, 3.8) is 0 Å². The smallest absolute Gasteiger partial charge is 0.0868 e. The Morgan fingerprint density at radius 3 is 2.35 bits per heavy atom. The number of aliphatic hydroxyl groups is 2. The average molecular weight is 256 g/mol. The van der Waals surface area contributed by atoms with Crippen molar-refractivity contribution in [2.45, 2.75) is 24.4 Å². The van der Waals surface area contributed by atoms with Crippen LogP contribution in [0.25, 0.3) is 0 Å². The lowest BCUT2D eigenvalue weighted by Gasteiger charge is -2.41. The number of aliphatic hydroxyl groups excluding tert-OH is 2. The zero-order chi connectivity index (χ0) is 12.3. The molecule has 1 aliphatic rings. The number of halogens is 1. The number of benzene rings is 1. The molecule has 0 amide bonds. The van der Waals surface area contributed by atoms with Gasteiger partial charge in [-0.05, 0) is 43.6 Å². The third-order valence-corrected chi connectivity index (χ3v) is 3.98. The standard InChI is InChI=1S/C13H18ClNO2/c14-11-3-1-10(2-4-11)13(12(17)9-16)5-7-15-8-6-13/h1-4,12,15-17H,5-9H2. The van der Waals surface area contributed by atoms with Gasteiger partial charge in [0.1, 0.15) is 0 Å². The Morgan fingerprint density at radius 2 is 1.82 bits per heavy atom. The lowest BCUT2D eigenvalue weighted by atomic mass is 9.69. The van der Waals surface area contributed by atoms with E-state index in [1.165, 1.54) is 0 Å². The highest BCUT2D eigenvalue weighted by atomic mass is 35.5. The molecule has 1 aromatic carbocycles. The van der Waals surface area contributed by atoms with E-state index >= 15 is 0 Å². The van der Waals surface area contributed by atoms with Crippen molar-refractivity contribution in [3.05, 3.63) is 34.9 Å². The Labute approximate surface area is 106 Å². The van der Waals surface area contributed by atoms with Crippen LogP contribution >= 0.6 is 11.6 Å². The molecule has 1 atom stereocenters. The van der Waals surface area contributed by atoms with Gasteiger partial charge in [0.05, 0.1) is 12.7 Å². The van der Waals surface area contributed by atoms with E-state index < -0.39 is 6.10 Å². The first-order valence-corrected chi connectivity index (χ1v) is 6.32. The Hall–Kier alpha value is -0.610. The van der Waals surface area contributed by atoms with Crippen LogP contribution in [0.3, 0.4) is 0 Å². The van der Waals surface area contributed by atoms with Crippen LogP contribution in [0.5, 0.6) is 0 Å². The number of rotatable bonds is 3. The Bertz CT molecular complexity index is 360. The van der Waals surface area contributed by atoms with Crippen LogP contribution in [-0.2, 0) is 5.41 Å². The Morgan fingerprint density at radius 1 is 1.24 bits per heavy atom. The topological polar surface area (TPSA) is 52.5 Å². The molecule has 3 nitrogen and oxygen atoms in total. The Kier molecular flexibility index (Phi) is 4.05. The molecule has 4 heteroatoms. The maximum atomic E-state index is 10.1. The van der Waals surface area contributed by atoms with Crippen LogP contribution in [0.4, 0.5) is 0 Å². The maximum Gasteiger partial charge on any atom is 0.0868 e. The van der Waals surface area contributed by atoms with Gasteiger partial charge >= 0.3 is 0 Å². The van der Waals surface area contributed by atoms with Gasteiger partial charge in [0.25, 0.3) is 0 Å². The van der Waals surface area contributed by atoms with Gasteiger partial charge in [-0.2, -0.15) is 0 Å². The average Bonchev–Trinajstić information content (AvgIpc) is 2.39. The van der Waals surface area contributed by atoms with Crippen molar-refractivity contribution < 1.29 is 10.2 Å². The molecule has 1 fully saturated rings. The third kappa shape index (κ3) is 2.47. The van der Waals surface area contributed by atoms with E-state index in [2.05, 4.69) is 5.32 Å². The maximum absolute atomic E-state index is 10.1. The summed E-state index contributed by atoms with van der Waals surface area (Å²) >= 11 is 5.89. The Balaban J connectivity index is 2.35. The van der Waals surface area contributed by atoms with Gasteiger partial charge in [-0.25, -0.2) is 0 Å². The summed E-state index contributed by atoms with van der Waals surface area (Å²) in [4.78, 5) is 0. The zero-order valence-corrected chi connectivity index (χ0v) is 10.5. The van der Waals surface area contributed by atoms with Crippen LogP contribution in [0.15, 0.2) is 24.3 Å². The lowest BCUT2D eigenvalue weighted by Crippen LogP contribution is -2.49.